The van der Waals surface area contributed by atoms with Gasteiger partial charge in [-0.1, -0.05) is 18.2 Å². The molecule has 2 aromatic rings. The van der Waals surface area contributed by atoms with Gasteiger partial charge >= 0.3 is 0 Å². The molecule has 1 unspecified atom stereocenters. The number of hydrogen-bond acceptors (Lipinski definition) is 2. The third-order valence-corrected chi connectivity index (χ3v) is 3.02. The average molecular weight is 245 g/mol. The molecule has 0 fully saturated rings. The van der Waals surface area contributed by atoms with E-state index in [-0.39, 0.29) is 11.9 Å². The molecule has 2 aromatic carbocycles. The molecule has 0 radical (unpaired) electrons. The molecule has 0 bridgehead atoms. The minimum Gasteiger partial charge on any atom is -0.497 e. The van der Waals surface area contributed by atoms with Gasteiger partial charge in [-0.25, -0.2) is 4.39 Å². The van der Waals surface area contributed by atoms with Crippen LogP contribution in [0.5, 0.6) is 5.75 Å². The number of methoxy groups -OCH3 is 1. The molecule has 1 atom stereocenters. The molecule has 94 valence electrons. The van der Waals surface area contributed by atoms with Gasteiger partial charge in [0.2, 0.25) is 0 Å². The highest BCUT2D eigenvalue weighted by Crippen LogP contribution is 2.26. The molecule has 0 saturated heterocycles. The summed E-state index contributed by atoms with van der Waals surface area (Å²) in [5, 5.41) is 0. The van der Waals surface area contributed by atoms with Gasteiger partial charge in [0.15, 0.2) is 0 Å². The van der Waals surface area contributed by atoms with E-state index in [2.05, 4.69) is 0 Å². The molecule has 0 aliphatic carbocycles. The Bertz CT molecular complexity index is 554. The molecule has 0 aliphatic heterocycles. The third-order valence-electron chi connectivity index (χ3n) is 3.02. The second-order valence-corrected chi connectivity index (χ2v) is 4.26. The highest BCUT2D eigenvalue weighted by Gasteiger charge is 2.12. The topological polar surface area (TPSA) is 35.2 Å². The molecular weight excluding hydrogens is 229 g/mol. The predicted molar refractivity (Wildman–Crippen MR) is 70.2 cm³/mol. The summed E-state index contributed by atoms with van der Waals surface area (Å²) in [6, 6.07) is 11.8. The summed E-state index contributed by atoms with van der Waals surface area (Å²) in [4.78, 5) is 0. The maximum absolute atomic E-state index is 13.2. The lowest BCUT2D eigenvalue weighted by atomic mass is 9.95. The molecule has 2 nitrogen and oxygen atoms in total. The normalized spacial score (nSPS) is 12.2. The fourth-order valence-corrected chi connectivity index (χ4v) is 2.00. The van der Waals surface area contributed by atoms with Crippen molar-refractivity contribution in [2.45, 2.75) is 13.0 Å². The maximum atomic E-state index is 13.2. The molecule has 0 aromatic heterocycles. The zero-order valence-electron chi connectivity index (χ0n) is 10.5. The van der Waals surface area contributed by atoms with Crippen molar-refractivity contribution >= 4 is 0 Å². The van der Waals surface area contributed by atoms with Crippen molar-refractivity contribution in [2.75, 3.05) is 7.11 Å². The molecule has 2 rings (SSSR count). The number of rotatable bonds is 3. The number of hydrogen-bond donors (Lipinski definition) is 1. The van der Waals surface area contributed by atoms with Crippen LogP contribution in [-0.4, -0.2) is 7.11 Å². The van der Waals surface area contributed by atoms with Crippen LogP contribution >= 0.6 is 0 Å². The first-order valence-electron chi connectivity index (χ1n) is 5.77. The fraction of sp³-hybridized carbons (Fsp3) is 0.200. The van der Waals surface area contributed by atoms with E-state index in [0.717, 1.165) is 22.4 Å². The van der Waals surface area contributed by atoms with Crippen LogP contribution in [0.4, 0.5) is 4.39 Å². The highest BCUT2D eigenvalue weighted by atomic mass is 19.1. The van der Waals surface area contributed by atoms with Gasteiger partial charge in [0.1, 0.15) is 11.6 Å². The maximum Gasteiger partial charge on any atom is 0.123 e. The van der Waals surface area contributed by atoms with Gasteiger partial charge in [0, 0.05) is 0 Å². The van der Waals surface area contributed by atoms with Crippen molar-refractivity contribution in [1.82, 2.24) is 0 Å². The number of halogens is 1. The third kappa shape index (κ3) is 2.51. The summed E-state index contributed by atoms with van der Waals surface area (Å²) >= 11 is 0. The van der Waals surface area contributed by atoms with Crippen LogP contribution in [0.1, 0.15) is 22.7 Å². The molecule has 0 amide bonds. The van der Waals surface area contributed by atoms with Gasteiger partial charge in [0.05, 0.1) is 13.2 Å². The summed E-state index contributed by atoms with van der Waals surface area (Å²) < 4.78 is 18.3. The molecule has 2 N–H and O–H groups in total. The minimum absolute atomic E-state index is 0.269. The molecule has 0 saturated carbocycles. The number of aryl methyl sites for hydroxylation is 1. The SMILES string of the molecule is COc1ccc(C(N)c2cccc(F)c2)c(C)c1. The number of nitrogens with two attached hydrogens (primary N) is 1. The van der Waals surface area contributed by atoms with Gasteiger partial charge in [0.25, 0.3) is 0 Å². The van der Waals surface area contributed by atoms with Gasteiger partial charge < -0.3 is 10.5 Å². The lowest BCUT2D eigenvalue weighted by Gasteiger charge is -2.16. The Morgan fingerprint density at radius 2 is 1.94 bits per heavy atom. The molecule has 3 heteroatoms. The molecule has 0 spiro atoms. The Kier molecular flexibility index (Phi) is 3.63. The quantitative estimate of drug-likeness (QED) is 0.901. The van der Waals surface area contributed by atoms with Crippen molar-refractivity contribution in [3.05, 3.63) is 65.0 Å². The van der Waals surface area contributed by atoms with Gasteiger partial charge in [-0.3, -0.25) is 0 Å². The predicted octanol–water partition coefficient (Wildman–Crippen LogP) is 3.19. The number of ether oxygens (including phenoxy) is 1. The van der Waals surface area contributed by atoms with Crippen molar-refractivity contribution in [1.29, 1.82) is 0 Å². The number of benzene rings is 2. The van der Waals surface area contributed by atoms with E-state index in [1.165, 1.54) is 12.1 Å². The first kappa shape index (κ1) is 12.6. The lowest BCUT2D eigenvalue weighted by Crippen LogP contribution is -2.13. The summed E-state index contributed by atoms with van der Waals surface area (Å²) in [6.45, 7) is 1.97. The van der Waals surface area contributed by atoms with Crippen molar-refractivity contribution in [3.8, 4) is 5.75 Å². The van der Waals surface area contributed by atoms with E-state index >= 15 is 0 Å². The Hall–Kier alpha value is -1.87. The van der Waals surface area contributed by atoms with E-state index in [1.54, 1.807) is 13.2 Å². The molecule has 18 heavy (non-hydrogen) atoms. The van der Waals surface area contributed by atoms with Crippen LogP contribution < -0.4 is 10.5 Å². The van der Waals surface area contributed by atoms with Crippen LogP contribution in [0.3, 0.4) is 0 Å². The standard InChI is InChI=1S/C15H16FNO/c1-10-8-13(18-2)6-7-14(10)15(17)11-4-3-5-12(16)9-11/h3-9,15H,17H2,1-2H3. The van der Waals surface area contributed by atoms with E-state index in [9.17, 15) is 4.39 Å². The lowest BCUT2D eigenvalue weighted by molar-refractivity contribution is 0.414. The monoisotopic (exact) mass is 245 g/mol. The first-order chi connectivity index (χ1) is 8.61. The summed E-state index contributed by atoms with van der Waals surface area (Å²) in [6.07, 6.45) is 0. The Morgan fingerprint density at radius 1 is 1.17 bits per heavy atom. The summed E-state index contributed by atoms with van der Waals surface area (Å²) in [5.74, 6) is 0.525. The largest absolute Gasteiger partial charge is 0.497 e. The Balaban J connectivity index is 2.37. The van der Waals surface area contributed by atoms with Crippen LogP contribution in [0.25, 0.3) is 0 Å². The van der Waals surface area contributed by atoms with Crippen LogP contribution in [0.2, 0.25) is 0 Å². The molecule has 0 aliphatic rings. The zero-order valence-corrected chi connectivity index (χ0v) is 10.5. The minimum atomic E-state index is -0.327. The van der Waals surface area contributed by atoms with E-state index in [0.29, 0.717) is 0 Å². The molecule has 0 heterocycles. The van der Waals surface area contributed by atoms with E-state index in [1.807, 2.05) is 31.2 Å². The summed E-state index contributed by atoms with van der Waals surface area (Å²) in [5.41, 5.74) is 8.94. The van der Waals surface area contributed by atoms with Gasteiger partial charge in [-0.2, -0.15) is 0 Å². The molecular formula is C15H16FNO. The smallest absolute Gasteiger partial charge is 0.123 e. The van der Waals surface area contributed by atoms with Crippen LogP contribution in [0, 0.1) is 12.7 Å². The summed E-state index contributed by atoms with van der Waals surface area (Å²) in [7, 11) is 1.63. The Morgan fingerprint density at radius 3 is 2.56 bits per heavy atom. The first-order valence-corrected chi connectivity index (χ1v) is 5.77. The van der Waals surface area contributed by atoms with E-state index in [4.69, 9.17) is 10.5 Å². The van der Waals surface area contributed by atoms with Crippen molar-refractivity contribution < 1.29 is 9.13 Å². The van der Waals surface area contributed by atoms with Gasteiger partial charge in [-0.05, 0) is 47.9 Å². The second-order valence-electron chi connectivity index (χ2n) is 4.26. The fourth-order valence-electron chi connectivity index (χ4n) is 2.00. The second kappa shape index (κ2) is 5.19. The van der Waals surface area contributed by atoms with Crippen LogP contribution in [-0.2, 0) is 0 Å². The van der Waals surface area contributed by atoms with Crippen LogP contribution in [0.15, 0.2) is 42.5 Å². The van der Waals surface area contributed by atoms with E-state index < -0.39 is 0 Å². The Labute approximate surface area is 106 Å². The van der Waals surface area contributed by atoms with Crippen molar-refractivity contribution in [2.24, 2.45) is 5.73 Å². The van der Waals surface area contributed by atoms with Gasteiger partial charge in [-0.15, -0.1) is 0 Å². The van der Waals surface area contributed by atoms with Crippen molar-refractivity contribution in [3.63, 3.8) is 0 Å². The highest BCUT2D eigenvalue weighted by molar-refractivity contribution is 5.40. The zero-order chi connectivity index (χ0) is 13.1. The average Bonchev–Trinajstić information content (AvgIpc) is 2.37.